The number of carbonyl (C=O) groups is 1. The second-order valence-corrected chi connectivity index (χ2v) is 5.35. The van der Waals surface area contributed by atoms with Crippen molar-refractivity contribution in [1.82, 2.24) is 10.6 Å². The van der Waals surface area contributed by atoms with E-state index in [-0.39, 0.29) is 24.4 Å². The van der Waals surface area contributed by atoms with E-state index < -0.39 is 0 Å². The summed E-state index contributed by atoms with van der Waals surface area (Å²) in [6, 6.07) is 3.75. The van der Waals surface area contributed by atoms with E-state index >= 15 is 0 Å². The molecular weight excluding hydrogens is 295 g/mol. The highest BCUT2D eigenvalue weighted by Crippen LogP contribution is 2.26. The van der Waals surface area contributed by atoms with Crippen LogP contribution in [0.25, 0.3) is 0 Å². The molecule has 7 heteroatoms. The van der Waals surface area contributed by atoms with Crippen molar-refractivity contribution in [3.63, 3.8) is 0 Å². The minimum Gasteiger partial charge on any atom is -0.383 e. The fourth-order valence-corrected chi connectivity index (χ4v) is 2.36. The molecule has 1 aromatic heterocycles. The summed E-state index contributed by atoms with van der Waals surface area (Å²) < 4.78 is 5.61. The molecule has 0 spiro atoms. The Morgan fingerprint density at radius 2 is 2.28 bits per heavy atom. The molecule has 18 heavy (non-hydrogen) atoms. The number of carbonyl (C=O) groups excluding carboxylic acids is 1. The fraction of sp³-hybridized carbons (Fsp3) is 0.545. The summed E-state index contributed by atoms with van der Waals surface area (Å²) in [5, 5.41) is 5.88. The van der Waals surface area contributed by atoms with Crippen LogP contribution in [-0.4, -0.2) is 32.7 Å². The minimum atomic E-state index is -0.0295. The molecule has 0 aromatic carbocycles. The lowest BCUT2D eigenvalue weighted by molar-refractivity contribution is -0.120. The van der Waals surface area contributed by atoms with Gasteiger partial charge in [-0.05, 0) is 19.1 Å². The molecule has 0 bridgehead atoms. The summed E-state index contributed by atoms with van der Waals surface area (Å²) in [6.45, 7) is 3.51. The van der Waals surface area contributed by atoms with Gasteiger partial charge in [-0.15, -0.1) is 23.7 Å². The number of ether oxygens (including phenoxy) is 1. The summed E-state index contributed by atoms with van der Waals surface area (Å²) in [7, 11) is 1.63. The molecule has 104 valence electrons. The molecule has 1 aromatic rings. The summed E-state index contributed by atoms with van der Waals surface area (Å²) in [4.78, 5) is 12.6. The van der Waals surface area contributed by atoms with Crippen LogP contribution in [0.2, 0.25) is 4.34 Å². The van der Waals surface area contributed by atoms with Crippen LogP contribution in [0.1, 0.15) is 17.8 Å². The molecule has 0 radical (unpaired) electrons. The first-order valence-electron chi connectivity index (χ1n) is 5.37. The van der Waals surface area contributed by atoms with Crippen LogP contribution in [-0.2, 0) is 9.53 Å². The number of halogens is 2. The Balaban J connectivity index is 0.00000289. The average molecular weight is 313 g/mol. The van der Waals surface area contributed by atoms with Crippen LogP contribution in [0, 0.1) is 0 Å². The number of hydrogen-bond donors (Lipinski definition) is 2. The molecule has 0 aliphatic carbocycles. The first-order valence-corrected chi connectivity index (χ1v) is 6.57. The largest absolute Gasteiger partial charge is 0.383 e. The number of rotatable bonds is 7. The lowest BCUT2D eigenvalue weighted by Crippen LogP contribution is -2.36. The van der Waals surface area contributed by atoms with Crippen LogP contribution >= 0.6 is 35.3 Å². The highest BCUT2D eigenvalue weighted by molar-refractivity contribution is 7.16. The summed E-state index contributed by atoms with van der Waals surface area (Å²) in [5.74, 6) is -0.0295. The zero-order valence-corrected chi connectivity index (χ0v) is 12.8. The number of methoxy groups -OCH3 is 1. The zero-order chi connectivity index (χ0) is 12.7. The number of amides is 1. The van der Waals surface area contributed by atoms with E-state index in [9.17, 15) is 4.79 Å². The van der Waals surface area contributed by atoms with Crippen LogP contribution < -0.4 is 10.6 Å². The second-order valence-electron chi connectivity index (χ2n) is 3.60. The maximum absolute atomic E-state index is 11.6. The van der Waals surface area contributed by atoms with Crippen molar-refractivity contribution in [3.8, 4) is 0 Å². The van der Waals surface area contributed by atoms with E-state index in [1.54, 1.807) is 7.11 Å². The van der Waals surface area contributed by atoms with Gasteiger partial charge in [-0.2, -0.15) is 0 Å². The Morgan fingerprint density at radius 3 is 2.83 bits per heavy atom. The third-order valence-electron chi connectivity index (χ3n) is 2.17. The molecule has 1 unspecified atom stereocenters. The third-order valence-corrected chi connectivity index (χ3v) is 3.58. The smallest absolute Gasteiger partial charge is 0.234 e. The average Bonchev–Trinajstić information content (AvgIpc) is 2.71. The van der Waals surface area contributed by atoms with Crippen molar-refractivity contribution < 1.29 is 9.53 Å². The SMILES string of the molecule is COCCNCC(=O)NC(C)c1ccc(Cl)s1.Cl. The van der Waals surface area contributed by atoms with Crippen molar-refractivity contribution in [2.75, 3.05) is 26.8 Å². The van der Waals surface area contributed by atoms with Gasteiger partial charge in [0, 0.05) is 18.5 Å². The quantitative estimate of drug-likeness (QED) is 0.759. The number of thiophene rings is 1. The normalized spacial score (nSPS) is 11.7. The van der Waals surface area contributed by atoms with E-state index in [2.05, 4.69) is 10.6 Å². The van der Waals surface area contributed by atoms with Crippen molar-refractivity contribution in [2.24, 2.45) is 0 Å². The summed E-state index contributed by atoms with van der Waals surface area (Å²) in [6.07, 6.45) is 0. The lowest BCUT2D eigenvalue weighted by Gasteiger charge is -2.12. The molecule has 0 saturated carbocycles. The van der Waals surface area contributed by atoms with E-state index in [0.717, 1.165) is 9.21 Å². The van der Waals surface area contributed by atoms with Crippen molar-refractivity contribution in [2.45, 2.75) is 13.0 Å². The molecule has 0 aliphatic heterocycles. The molecule has 4 nitrogen and oxygen atoms in total. The van der Waals surface area contributed by atoms with E-state index in [1.807, 2.05) is 19.1 Å². The third kappa shape index (κ3) is 6.56. The molecule has 1 rings (SSSR count). The van der Waals surface area contributed by atoms with Crippen molar-refractivity contribution in [3.05, 3.63) is 21.3 Å². The lowest BCUT2D eigenvalue weighted by atomic mass is 10.3. The van der Waals surface area contributed by atoms with Gasteiger partial charge in [0.2, 0.25) is 5.91 Å². The van der Waals surface area contributed by atoms with Gasteiger partial charge >= 0.3 is 0 Å². The Kier molecular flexibility index (Phi) is 9.40. The molecule has 1 amide bonds. The molecule has 0 fully saturated rings. The molecule has 1 heterocycles. The minimum absolute atomic E-state index is 0. The van der Waals surface area contributed by atoms with Crippen molar-refractivity contribution in [1.29, 1.82) is 0 Å². The molecule has 0 aliphatic rings. The molecular formula is C11H18Cl2N2O2S. The topological polar surface area (TPSA) is 50.4 Å². The number of hydrogen-bond acceptors (Lipinski definition) is 4. The van der Waals surface area contributed by atoms with Gasteiger partial charge in [-0.3, -0.25) is 4.79 Å². The van der Waals surface area contributed by atoms with Gasteiger partial charge in [0.05, 0.1) is 23.5 Å². The fourth-order valence-electron chi connectivity index (χ4n) is 1.30. The van der Waals surface area contributed by atoms with E-state index in [4.69, 9.17) is 16.3 Å². The Bertz CT molecular complexity index is 361. The molecule has 2 N–H and O–H groups in total. The van der Waals surface area contributed by atoms with Crippen LogP contribution in [0.5, 0.6) is 0 Å². The van der Waals surface area contributed by atoms with E-state index in [1.165, 1.54) is 11.3 Å². The van der Waals surface area contributed by atoms with E-state index in [0.29, 0.717) is 19.7 Å². The predicted molar refractivity (Wildman–Crippen MR) is 77.9 cm³/mol. The van der Waals surface area contributed by atoms with Gasteiger partial charge in [0.25, 0.3) is 0 Å². The Labute approximate surface area is 122 Å². The zero-order valence-electron chi connectivity index (χ0n) is 10.4. The van der Waals surface area contributed by atoms with Crippen LogP contribution in [0.3, 0.4) is 0 Å². The maximum Gasteiger partial charge on any atom is 0.234 e. The van der Waals surface area contributed by atoms with Crippen LogP contribution in [0.15, 0.2) is 12.1 Å². The van der Waals surface area contributed by atoms with Gasteiger partial charge in [0.1, 0.15) is 0 Å². The number of nitrogens with one attached hydrogen (secondary N) is 2. The summed E-state index contributed by atoms with van der Waals surface area (Å²) >= 11 is 7.32. The molecule has 1 atom stereocenters. The second kappa shape index (κ2) is 9.58. The summed E-state index contributed by atoms with van der Waals surface area (Å²) in [5.41, 5.74) is 0. The standard InChI is InChI=1S/C11H17ClN2O2S.ClH/c1-8(9-3-4-10(12)17-9)14-11(15)7-13-5-6-16-2;/h3-4,8,13H,5-7H2,1-2H3,(H,14,15);1H. The highest BCUT2D eigenvalue weighted by Gasteiger charge is 2.10. The Hall–Kier alpha value is -0.330. The maximum atomic E-state index is 11.6. The predicted octanol–water partition coefficient (Wildman–Crippen LogP) is 2.24. The molecule has 0 saturated heterocycles. The van der Waals surface area contributed by atoms with Gasteiger partial charge in [-0.1, -0.05) is 11.6 Å². The van der Waals surface area contributed by atoms with Gasteiger partial charge < -0.3 is 15.4 Å². The van der Waals surface area contributed by atoms with Crippen LogP contribution in [0.4, 0.5) is 0 Å². The van der Waals surface area contributed by atoms with Gasteiger partial charge in [0.15, 0.2) is 0 Å². The Morgan fingerprint density at radius 1 is 1.56 bits per heavy atom. The van der Waals surface area contributed by atoms with Gasteiger partial charge in [-0.25, -0.2) is 0 Å². The first kappa shape index (κ1) is 17.7. The first-order chi connectivity index (χ1) is 8.13. The monoisotopic (exact) mass is 312 g/mol. The van der Waals surface area contributed by atoms with Crippen molar-refractivity contribution >= 4 is 41.3 Å². The highest BCUT2D eigenvalue weighted by atomic mass is 35.5.